The first kappa shape index (κ1) is 39.4. The van der Waals surface area contributed by atoms with Gasteiger partial charge in [0.1, 0.15) is 0 Å². The second-order valence-electron chi connectivity index (χ2n) is 7.59. The summed E-state index contributed by atoms with van der Waals surface area (Å²) in [4.78, 5) is 42.9. The smallest absolute Gasteiger partial charge is 0.665 e. The Hall–Kier alpha value is -2.16. The molecule has 6 N–H and O–H groups in total. The maximum Gasteiger partial charge on any atom is 2.00 e. The van der Waals surface area contributed by atoms with Gasteiger partial charge in [0, 0.05) is 53.4 Å². The molecule has 0 aliphatic heterocycles. The van der Waals surface area contributed by atoms with Crippen LogP contribution in [0.3, 0.4) is 0 Å². The number of amides is 2. The molecule has 0 spiro atoms. The van der Waals surface area contributed by atoms with E-state index in [1.165, 1.54) is 0 Å². The molecule has 0 aromatic carbocycles. The third kappa shape index (κ3) is 30.0. The minimum atomic E-state index is -1.11. The Bertz CT molecular complexity index is 552. The number of hydrogen-bond donors (Lipinski definition) is 4. The van der Waals surface area contributed by atoms with Crippen LogP contribution in [0.2, 0.25) is 0 Å². The van der Waals surface area contributed by atoms with E-state index in [0.717, 1.165) is 0 Å². The van der Waals surface area contributed by atoms with Gasteiger partial charge in [-0.2, -0.15) is 0 Å². The molecule has 37 heavy (non-hydrogen) atoms. The van der Waals surface area contributed by atoms with Crippen molar-refractivity contribution in [1.82, 2.24) is 10.6 Å². The van der Waals surface area contributed by atoms with E-state index in [0.29, 0.717) is 90.9 Å². The largest absolute Gasteiger partial charge is 2.00 e. The SMILES string of the molecule is COCCCOC(=O)NCCCCC([NH-])C(=O)O.COCCCOC(=O)NCCCCC([NH-])C(=O)O.[Cu+2]. The molecule has 0 bridgehead atoms. The summed E-state index contributed by atoms with van der Waals surface area (Å²) in [6.07, 6.45) is 3.38. The van der Waals surface area contributed by atoms with Crippen LogP contribution < -0.4 is 10.6 Å². The molecule has 2 amide bonds. The van der Waals surface area contributed by atoms with E-state index in [2.05, 4.69) is 10.6 Å². The fourth-order valence-electron chi connectivity index (χ4n) is 2.41. The second-order valence-corrected chi connectivity index (χ2v) is 7.59. The minimum absolute atomic E-state index is 0. The average Bonchev–Trinajstić information content (AvgIpc) is 2.84. The number of nitrogens with one attached hydrogen (secondary N) is 4. The van der Waals surface area contributed by atoms with Crippen LogP contribution in [0.1, 0.15) is 51.4 Å². The molecule has 221 valence electrons. The third-order valence-electron chi connectivity index (χ3n) is 4.43. The Morgan fingerprint density at radius 2 is 1.00 bits per heavy atom. The van der Waals surface area contributed by atoms with Gasteiger partial charge in [-0.1, -0.05) is 25.7 Å². The summed E-state index contributed by atoms with van der Waals surface area (Å²) in [5.74, 6) is -2.22. The first-order valence-electron chi connectivity index (χ1n) is 11.8. The molecule has 14 nitrogen and oxygen atoms in total. The predicted octanol–water partition coefficient (Wildman–Crippen LogP) is 2.85. The van der Waals surface area contributed by atoms with E-state index < -0.39 is 36.2 Å². The van der Waals surface area contributed by atoms with Gasteiger partial charge in [-0.05, 0) is 24.9 Å². The van der Waals surface area contributed by atoms with E-state index in [1.807, 2.05) is 0 Å². The topological polar surface area (TPSA) is 217 Å². The van der Waals surface area contributed by atoms with Gasteiger partial charge in [0.05, 0.1) is 13.2 Å². The van der Waals surface area contributed by atoms with Crippen LogP contribution in [0.25, 0.3) is 11.5 Å². The molecule has 0 rings (SSSR count). The van der Waals surface area contributed by atoms with Crippen LogP contribution >= 0.6 is 0 Å². The van der Waals surface area contributed by atoms with Crippen LogP contribution in [0, 0.1) is 0 Å². The van der Waals surface area contributed by atoms with E-state index in [-0.39, 0.29) is 17.1 Å². The Balaban J connectivity index is -0.000000608. The number of carboxylic acid groups (broad SMARTS) is 2. The van der Waals surface area contributed by atoms with Crippen molar-refractivity contribution in [3.8, 4) is 0 Å². The number of carbonyl (C=O) groups excluding carboxylic acids is 2. The standard InChI is InChI=1S/2C11H21N2O5.Cu/c2*1-17-7-4-8-18-11(16)13-6-3-2-5-9(12)10(14)15;/h2*9,12H,2-8H2,1H3,(H,13,16)(H,14,15);/q2*-1;+2. The number of rotatable bonds is 20. The number of alkyl carbamates (subject to hydrolysis) is 2. The first-order chi connectivity index (χ1) is 17.1. The van der Waals surface area contributed by atoms with Crippen LogP contribution in [0.15, 0.2) is 0 Å². The van der Waals surface area contributed by atoms with E-state index >= 15 is 0 Å². The average molecular weight is 586 g/mol. The zero-order valence-electron chi connectivity index (χ0n) is 21.5. The Labute approximate surface area is 228 Å². The Morgan fingerprint density at radius 3 is 1.30 bits per heavy atom. The molecule has 0 aromatic heterocycles. The third-order valence-corrected chi connectivity index (χ3v) is 4.43. The molecule has 2 unspecified atom stereocenters. The van der Waals surface area contributed by atoms with Crippen LogP contribution in [0.5, 0.6) is 0 Å². The minimum Gasteiger partial charge on any atom is -0.665 e. The van der Waals surface area contributed by atoms with Crippen molar-refractivity contribution in [3.63, 3.8) is 0 Å². The van der Waals surface area contributed by atoms with Gasteiger partial charge in [-0.3, -0.25) is 9.59 Å². The molecule has 0 fully saturated rings. The normalized spacial score (nSPS) is 11.6. The summed E-state index contributed by atoms with van der Waals surface area (Å²) < 4.78 is 19.3. The fourth-order valence-corrected chi connectivity index (χ4v) is 2.41. The van der Waals surface area contributed by atoms with E-state index in [9.17, 15) is 19.2 Å². The molecule has 0 saturated heterocycles. The van der Waals surface area contributed by atoms with Gasteiger partial charge in [0.15, 0.2) is 0 Å². The second kappa shape index (κ2) is 28.4. The van der Waals surface area contributed by atoms with Crippen molar-refractivity contribution < 1.29 is 65.4 Å². The number of hydrogen-bond acceptors (Lipinski definition) is 8. The van der Waals surface area contributed by atoms with Crippen molar-refractivity contribution in [1.29, 1.82) is 0 Å². The molecule has 0 aliphatic rings. The van der Waals surface area contributed by atoms with Crippen molar-refractivity contribution >= 4 is 24.1 Å². The summed E-state index contributed by atoms with van der Waals surface area (Å²) in [5.41, 5.74) is 14.3. The fraction of sp³-hybridized carbons (Fsp3) is 0.818. The summed E-state index contributed by atoms with van der Waals surface area (Å²) in [6, 6.07) is -2.16. The molecule has 0 saturated carbocycles. The van der Waals surface area contributed by atoms with Gasteiger partial charge < -0.3 is 51.3 Å². The maximum atomic E-state index is 11.1. The van der Waals surface area contributed by atoms with Gasteiger partial charge in [-0.25, -0.2) is 9.59 Å². The van der Waals surface area contributed by atoms with E-state index in [1.54, 1.807) is 14.2 Å². The van der Waals surface area contributed by atoms with Crippen molar-refractivity contribution in [2.24, 2.45) is 0 Å². The molecular weight excluding hydrogens is 544 g/mol. The molecule has 0 aromatic rings. The Morgan fingerprint density at radius 1 is 0.649 bits per heavy atom. The molecule has 15 heteroatoms. The summed E-state index contributed by atoms with van der Waals surface area (Å²) in [7, 11) is 3.16. The number of carboxylic acids is 2. The summed E-state index contributed by atoms with van der Waals surface area (Å²) in [5, 5.41) is 22.1. The predicted molar refractivity (Wildman–Crippen MR) is 131 cm³/mol. The summed E-state index contributed by atoms with van der Waals surface area (Å²) in [6.45, 7) is 2.58. The first-order valence-corrected chi connectivity index (χ1v) is 11.8. The van der Waals surface area contributed by atoms with Crippen molar-refractivity contribution in [3.05, 3.63) is 11.5 Å². The van der Waals surface area contributed by atoms with Crippen LogP contribution in [-0.4, -0.2) is 100 Å². The molecule has 0 heterocycles. The molecule has 0 aliphatic carbocycles. The molecule has 1 radical (unpaired) electrons. The monoisotopic (exact) mass is 585 g/mol. The van der Waals surface area contributed by atoms with Crippen molar-refractivity contribution in [2.75, 3.05) is 53.7 Å². The zero-order valence-corrected chi connectivity index (χ0v) is 22.5. The van der Waals surface area contributed by atoms with Crippen molar-refractivity contribution in [2.45, 2.75) is 63.5 Å². The van der Waals surface area contributed by atoms with Gasteiger partial charge in [-0.15, -0.1) is 0 Å². The number of aliphatic carboxylic acids is 2. The van der Waals surface area contributed by atoms with Gasteiger partial charge >= 0.3 is 29.3 Å². The Kier molecular flexibility index (Phi) is 30.2. The maximum absolute atomic E-state index is 11.1. The number of methoxy groups -OCH3 is 2. The van der Waals surface area contributed by atoms with Crippen LogP contribution in [0.4, 0.5) is 9.59 Å². The van der Waals surface area contributed by atoms with Gasteiger partial charge in [0.2, 0.25) is 0 Å². The number of ether oxygens (including phenoxy) is 4. The zero-order chi connectivity index (χ0) is 27.6. The van der Waals surface area contributed by atoms with E-state index in [4.69, 9.17) is 40.6 Å². The van der Waals surface area contributed by atoms with Crippen LogP contribution in [-0.2, 0) is 45.6 Å². The number of unbranched alkanes of at least 4 members (excludes halogenated alkanes) is 2. The quantitative estimate of drug-likeness (QED) is 0.121. The summed E-state index contributed by atoms with van der Waals surface area (Å²) >= 11 is 0. The number of carbonyl (C=O) groups is 4. The molecular formula is C22H42CuN4O10. The molecule has 2 atom stereocenters. The van der Waals surface area contributed by atoms with Gasteiger partial charge in [0.25, 0.3) is 11.9 Å².